The first kappa shape index (κ1) is 20.0. The van der Waals surface area contributed by atoms with Crippen LogP contribution in [0.15, 0.2) is 36.4 Å². The second-order valence-electron chi connectivity index (χ2n) is 6.38. The van der Waals surface area contributed by atoms with Crippen LogP contribution in [-0.2, 0) is 11.2 Å². The quantitative estimate of drug-likeness (QED) is 0.706. The van der Waals surface area contributed by atoms with Crippen LogP contribution in [0.3, 0.4) is 0 Å². The summed E-state index contributed by atoms with van der Waals surface area (Å²) < 4.78 is 10.3. The van der Waals surface area contributed by atoms with E-state index in [4.69, 9.17) is 4.74 Å². The minimum absolute atomic E-state index is 0.0257. The Hall–Kier alpha value is -2.34. The average Bonchev–Trinajstić information content (AvgIpc) is 3.10. The minimum atomic E-state index is -0.424. The third-order valence-electron chi connectivity index (χ3n) is 3.76. The summed E-state index contributed by atoms with van der Waals surface area (Å²) in [5.74, 6) is 0.273. The maximum absolute atomic E-state index is 12.3. The van der Waals surface area contributed by atoms with E-state index in [0.717, 1.165) is 29.9 Å². The number of thiophene rings is 1. The Morgan fingerprint density at radius 3 is 2.31 bits per heavy atom. The van der Waals surface area contributed by atoms with Crippen LogP contribution in [0, 0.1) is 0 Å². The van der Waals surface area contributed by atoms with Crippen LogP contribution < -0.4 is 10.1 Å². The number of benzene rings is 1. The van der Waals surface area contributed by atoms with Gasteiger partial charge in [-0.05, 0) is 63.4 Å². The molecule has 1 aromatic heterocycles. The third-order valence-corrected chi connectivity index (χ3v) is 4.82. The SMILES string of the molecule is COC(=O)c1ccc(C(=O)NC(C)CCc2ccc(OC(C)C)cc2)s1. The summed E-state index contributed by atoms with van der Waals surface area (Å²) in [6, 6.07) is 11.3. The zero-order chi connectivity index (χ0) is 19.1. The minimum Gasteiger partial charge on any atom is -0.491 e. The normalized spacial score (nSPS) is 11.9. The van der Waals surface area contributed by atoms with Gasteiger partial charge in [0.05, 0.1) is 18.1 Å². The fraction of sp³-hybridized carbons (Fsp3) is 0.400. The fourth-order valence-corrected chi connectivity index (χ4v) is 3.25. The van der Waals surface area contributed by atoms with Crippen LogP contribution in [0.25, 0.3) is 0 Å². The Balaban J connectivity index is 1.82. The van der Waals surface area contributed by atoms with Gasteiger partial charge in [0.1, 0.15) is 10.6 Å². The summed E-state index contributed by atoms with van der Waals surface area (Å²) in [7, 11) is 1.32. The van der Waals surface area contributed by atoms with Gasteiger partial charge in [0.25, 0.3) is 5.91 Å². The van der Waals surface area contributed by atoms with E-state index in [1.54, 1.807) is 12.1 Å². The number of aryl methyl sites for hydroxylation is 1. The number of carbonyl (C=O) groups excluding carboxylic acids is 2. The molecule has 0 saturated heterocycles. The van der Waals surface area contributed by atoms with E-state index in [9.17, 15) is 9.59 Å². The van der Waals surface area contributed by atoms with Crippen LogP contribution >= 0.6 is 11.3 Å². The van der Waals surface area contributed by atoms with Gasteiger partial charge < -0.3 is 14.8 Å². The summed E-state index contributed by atoms with van der Waals surface area (Å²) in [6.07, 6.45) is 1.85. The standard InChI is InChI=1S/C20H25NO4S/c1-13(2)25-16-9-7-15(8-10-16)6-5-14(3)21-19(22)17-11-12-18(26-17)20(23)24-4/h7-14H,5-6H2,1-4H3,(H,21,22). The molecule has 0 aliphatic heterocycles. The Bertz CT molecular complexity index is 737. The van der Waals surface area contributed by atoms with Crippen LogP contribution in [0.2, 0.25) is 0 Å². The van der Waals surface area contributed by atoms with Crippen molar-refractivity contribution in [2.24, 2.45) is 0 Å². The van der Waals surface area contributed by atoms with Gasteiger partial charge in [-0.25, -0.2) is 4.79 Å². The number of nitrogens with one attached hydrogen (secondary N) is 1. The molecule has 1 unspecified atom stereocenters. The first-order valence-electron chi connectivity index (χ1n) is 8.63. The fourth-order valence-electron chi connectivity index (χ4n) is 2.43. The Morgan fingerprint density at radius 1 is 1.04 bits per heavy atom. The van der Waals surface area contributed by atoms with E-state index in [-0.39, 0.29) is 18.1 Å². The van der Waals surface area contributed by atoms with Gasteiger partial charge >= 0.3 is 5.97 Å². The second kappa shape index (κ2) is 9.38. The van der Waals surface area contributed by atoms with Crippen LogP contribution in [-0.4, -0.2) is 31.1 Å². The van der Waals surface area contributed by atoms with Crippen molar-refractivity contribution in [3.05, 3.63) is 51.7 Å². The molecule has 1 heterocycles. The zero-order valence-corrected chi connectivity index (χ0v) is 16.4. The lowest BCUT2D eigenvalue weighted by Crippen LogP contribution is -2.32. The van der Waals surface area contributed by atoms with Gasteiger partial charge in [0.15, 0.2) is 0 Å². The molecular weight excluding hydrogens is 350 g/mol. The number of carbonyl (C=O) groups is 2. The highest BCUT2D eigenvalue weighted by molar-refractivity contribution is 7.15. The summed E-state index contributed by atoms with van der Waals surface area (Å²) in [5.41, 5.74) is 1.20. The summed E-state index contributed by atoms with van der Waals surface area (Å²) in [6.45, 7) is 5.98. The molecule has 0 spiro atoms. The number of hydrogen-bond donors (Lipinski definition) is 1. The average molecular weight is 375 g/mol. The molecule has 1 atom stereocenters. The Morgan fingerprint density at radius 2 is 1.69 bits per heavy atom. The molecule has 5 nitrogen and oxygen atoms in total. The molecular formula is C20H25NO4S. The van der Waals surface area contributed by atoms with E-state index < -0.39 is 5.97 Å². The Labute approximate surface area is 158 Å². The molecule has 0 radical (unpaired) electrons. The number of methoxy groups -OCH3 is 1. The maximum atomic E-state index is 12.3. The van der Waals surface area contributed by atoms with Gasteiger partial charge in [-0.1, -0.05) is 12.1 Å². The van der Waals surface area contributed by atoms with Crippen molar-refractivity contribution < 1.29 is 19.1 Å². The topological polar surface area (TPSA) is 64.6 Å². The predicted molar refractivity (Wildman–Crippen MR) is 103 cm³/mol. The molecule has 26 heavy (non-hydrogen) atoms. The van der Waals surface area contributed by atoms with Gasteiger partial charge in [0.2, 0.25) is 0 Å². The highest BCUT2D eigenvalue weighted by Gasteiger charge is 2.15. The molecule has 6 heteroatoms. The summed E-state index contributed by atoms with van der Waals surface area (Å²) >= 11 is 1.14. The van der Waals surface area contributed by atoms with E-state index in [1.165, 1.54) is 12.7 Å². The molecule has 1 aromatic carbocycles. The second-order valence-corrected chi connectivity index (χ2v) is 7.46. The van der Waals surface area contributed by atoms with Crippen LogP contribution in [0.5, 0.6) is 5.75 Å². The summed E-state index contributed by atoms with van der Waals surface area (Å²) in [4.78, 5) is 24.7. The lowest BCUT2D eigenvalue weighted by Gasteiger charge is -2.14. The molecule has 0 saturated carbocycles. The molecule has 2 rings (SSSR count). The van der Waals surface area contributed by atoms with Crippen molar-refractivity contribution in [2.75, 3.05) is 7.11 Å². The van der Waals surface area contributed by atoms with Gasteiger partial charge in [-0.3, -0.25) is 4.79 Å². The van der Waals surface area contributed by atoms with Crippen molar-refractivity contribution in [1.82, 2.24) is 5.32 Å². The smallest absolute Gasteiger partial charge is 0.348 e. The Kier molecular flexibility index (Phi) is 7.21. The van der Waals surface area contributed by atoms with Gasteiger partial charge in [-0.15, -0.1) is 11.3 Å². The predicted octanol–water partition coefficient (Wildman–Crippen LogP) is 4.07. The molecule has 1 amide bonds. The number of rotatable bonds is 8. The maximum Gasteiger partial charge on any atom is 0.348 e. The highest BCUT2D eigenvalue weighted by atomic mass is 32.1. The van der Waals surface area contributed by atoms with Gasteiger partial charge in [0, 0.05) is 6.04 Å². The first-order valence-corrected chi connectivity index (χ1v) is 9.45. The summed E-state index contributed by atoms with van der Waals surface area (Å²) in [5, 5.41) is 2.97. The monoisotopic (exact) mass is 375 g/mol. The number of esters is 1. The van der Waals surface area contributed by atoms with Crippen molar-refractivity contribution >= 4 is 23.2 Å². The largest absolute Gasteiger partial charge is 0.491 e. The highest BCUT2D eigenvalue weighted by Crippen LogP contribution is 2.18. The van der Waals surface area contributed by atoms with E-state index in [0.29, 0.717) is 9.75 Å². The number of amides is 1. The van der Waals surface area contributed by atoms with Crippen molar-refractivity contribution in [1.29, 1.82) is 0 Å². The van der Waals surface area contributed by atoms with Crippen LogP contribution in [0.1, 0.15) is 52.1 Å². The third kappa shape index (κ3) is 5.88. The van der Waals surface area contributed by atoms with Crippen molar-refractivity contribution in [3.63, 3.8) is 0 Å². The lowest BCUT2D eigenvalue weighted by atomic mass is 10.1. The molecule has 0 bridgehead atoms. The zero-order valence-electron chi connectivity index (χ0n) is 15.6. The van der Waals surface area contributed by atoms with Crippen molar-refractivity contribution in [3.8, 4) is 5.75 Å². The first-order chi connectivity index (χ1) is 12.4. The molecule has 2 aromatic rings. The molecule has 140 valence electrons. The molecule has 0 aliphatic rings. The van der Waals surface area contributed by atoms with E-state index in [1.807, 2.05) is 45.0 Å². The van der Waals surface area contributed by atoms with Crippen molar-refractivity contribution in [2.45, 2.75) is 45.8 Å². The lowest BCUT2D eigenvalue weighted by molar-refractivity contribution is 0.0606. The molecule has 0 fully saturated rings. The van der Waals surface area contributed by atoms with E-state index >= 15 is 0 Å². The molecule has 0 aliphatic carbocycles. The number of hydrogen-bond acceptors (Lipinski definition) is 5. The van der Waals surface area contributed by atoms with Gasteiger partial charge in [-0.2, -0.15) is 0 Å². The number of ether oxygens (including phenoxy) is 2. The van der Waals surface area contributed by atoms with Crippen LogP contribution in [0.4, 0.5) is 0 Å². The molecule has 1 N–H and O–H groups in total. The van der Waals surface area contributed by atoms with E-state index in [2.05, 4.69) is 10.1 Å².